The first kappa shape index (κ1) is 11.1. The molecule has 14 heavy (non-hydrogen) atoms. The Balaban J connectivity index is 2.42. The van der Waals surface area contributed by atoms with E-state index in [4.69, 9.17) is 22.1 Å². The molecule has 0 fully saturated rings. The van der Waals surface area contributed by atoms with Crippen molar-refractivity contribution in [3.63, 3.8) is 0 Å². The van der Waals surface area contributed by atoms with Gasteiger partial charge in [-0.15, -0.1) is 0 Å². The molecule has 3 nitrogen and oxygen atoms in total. The van der Waals surface area contributed by atoms with Gasteiger partial charge < -0.3 is 10.5 Å². The number of ether oxygens (including phenoxy) is 1. The largest absolute Gasteiger partial charge is 0.477 e. The smallest absolute Gasteiger partial charge is 0.232 e. The Kier molecular flexibility index (Phi) is 4.53. The second-order valence-electron chi connectivity index (χ2n) is 3.11. The molecule has 0 saturated carbocycles. The first-order chi connectivity index (χ1) is 6.74. The third-order valence-corrected chi connectivity index (χ3v) is 2.09. The summed E-state index contributed by atoms with van der Waals surface area (Å²) in [5.74, 6) is 0.469. The summed E-state index contributed by atoms with van der Waals surface area (Å²) >= 11 is 5.87. The van der Waals surface area contributed by atoms with Gasteiger partial charge >= 0.3 is 0 Å². The standard InChI is InChI=1S/C10H15ClN2O/c1-2-3-4-5-14-10-9(11)6-8(12)7-13-10/h6-7H,2-5,12H2,1H3. The molecule has 1 heterocycles. The van der Waals surface area contributed by atoms with Crippen molar-refractivity contribution in [1.82, 2.24) is 4.98 Å². The van der Waals surface area contributed by atoms with Gasteiger partial charge in [0.1, 0.15) is 5.02 Å². The maximum Gasteiger partial charge on any atom is 0.232 e. The summed E-state index contributed by atoms with van der Waals surface area (Å²) in [6.07, 6.45) is 4.90. The molecule has 0 aliphatic rings. The molecule has 0 aliphatic heterocycles. The molecule has 0 saturated heterocycles. The number of nitrogen functional groups attached to an aromatic ring is 1. The number of nitrogens with two attached hydrogens (primary N) is 1. The molecular formula is C10H15ClN2O. The number of rotatable bonds is 5. The minimum atomic E-state index is 0.469. The fourth-order valence-corrected chi connectivity index (χ4v) is 1.30. The summed E-state index contributed by atoms with van der Waals surface area (Å²) in [5.41, 5.74) is 6.05. The van der Waals surface area contributed by atoms with E-state index in [0.29, 0.717) is 23.2 Å². The van der Waals surface area contributed by atoms with Gasteiger partial charge in [-0.3, -0.25) is 0 Å². The monoisotopic (exact) mass is 214 g/mol. The highest BCUT2D eigenvalue weighted by Gasteiger charge is 2.02. The average Bonchev–Trinajstić information content (AvgIpc) is 2.15. The number of anilines is 1. The highest BCUT2D eigenvalue weighted by Crippen LogP contribution is 2.23. The molecule has 0 aliphatic carbocycles. The van der Waals surface area contributed by atoms with Crippen molar-refractivity contribution in [2.24, 2.45) is 0 Å². The van der Waals surface area contributed by atoms with Gasteiger partial charge in [-0.1, -0.05) is 31.4 Å². The number of pyridine rings is 1. The molecule has 1 rings (SSSR count). The van der Waals surface area contributed by atoms with Crippen LogP contribution in [0.2, 0.25) is 5.02 Å². The van der Waals surface area contributed by atoms with Crippen molar-refractivity contribution in [3.05, 3.63) is 17.3 Å². The number of aromatic nitrogens is 1. The van der Waals surface area contributed by atoms with E-state index in [1.165, 1.54) is 6.42 Å². The Labute approximate surface area is 89.2 Å². The van der Waals surface area contributed by atoms with Gasteiger partial charge in [-0.05, 0) is 12.5 Å². The predicted molar refractivity (Wildman–Crippen MR) is 58.7 cm³/mol. The zero-order chi connectivity index (χ0) is 10.4. The van der Waals surface area contributed by atoms with Gasteiger partial charge in [0, 0.05) is 0 Å². The molecule has 0 aromatic carbocycles. The number of hydrogen-bond donors (Lipinski definition) is 1. The average molecular weight is 215 g/mol. The Hall–Kier alpha value is -0.960. The molecule has 0 atom stereocenters. The summed E-state index contributed by atoms with van der Waals surface area (Å²) in [5, 5.41) is 0.474. The van der Waals surface area contributed by atoms with Crippen molar-refractivity contribution >= 4 is 17.3 Å². The Morgan fingerprint density at radius 2 is 2.29 bits per heavy atom. The lowest BCUT2D eigenvalue weighted by atomic mass is 10.3. The topological polar surface area (TPSA) is 48.1 Å². The van der Waals surface area contributed by atoms with E-state index in [2.05, 4.69) is 11.9 Å². The number of unbranched alkanes of at least 4 members (excludes halogenated alkanes) is 2. The maximum atomic E-state index is 5.87. The third-order valence-electron chi connectivity index (χ3n) is 1.82. The van der Waals surface area contributed by atoms with Crippen LogP contribution in [0.1, 0.15) is 26.2 Å². The lowest BCUT2D eigenvalue weighted by Crippen LogP contribution is -2.00. The van der Waals surface area contributed by atoms with Crippen LogP contribution in [0.3, 0.4) is 0 Å². The van der Waals surface area contributed by atoms with Crippen LogP contribution in [0.5, 0.6) is 5.88 Å². The second-order valence-corrected chi connectivity index (χ2v) is 3.52. The van der Waals surface area contributed by atoms with E-state index < -0.39 is 0 Å². The normalized spacial score (nSPS) is 10.1. The minimum absolute atomic E-state index is 0.469. The van der Waals surface area contributed by atoms with Gasteiger partial charge in [0.15, 0.2) is 0 Å². The molecule has 0 bridgehead atoms. The van der Waals surface area contributed by atoms with Crippen molar-refractivity contribution in [2.45, 2.75) is 26.2 Å². The second kappa shape index (κ2) is 5.70. The molecule has 4 heteroatoms. The highest BCUT2D eigenvalue weighted by molar-refractivity contribution is 6.32. The van der Waals surface area contributed by atoms with Gasteiger partial charge in [0.25, 0.3) is 0 Å². The van der Waals surface area contributed by atoms with E-state index >= 15 is 0 Å². The Morgan fingerprint density at radius 3 is 2.93 bits per heavy atom. The predicted octanol–water partition coefficient (Wildman–Crippen LogP) is 2.89. The highest BCUT2D eigenvalue weighted by atomic mass is 35.5. The first-order valence-corrected chi connectivity index (χ1v) is 5.15. The SMILES string of the molecule is CCCCCOc1ncc(N)cc1Cl. The molecule has 78 valence electrons. The van der Waals surface area contributed by atoms with E-state index in [0.717, 1.165) is 12.8 Å². The lowest BCUT2D eigenvalue weighted by Gasteiger charge is -2.06. The van der Waals surface area contributed by atoms with Crippen LogP contribution < -0.4 is 10.5 Å². The van der Waals surface area contributed by atoms with E-state index in [-0.39, 0.29) is 0 Å². The maximum absolute atomic E-state index is 5.87. The molecular weight excluding hydrogens is 200 g/mol. The fourth-order valence-electron chi connectivity index (χ4n) is 1.07. The number of halogens is 1. The minimum Gasteiger partial charge on any atom is -0.477 e. The Bertz CT molecular complexity index is 291. The van der Waals surface area contributed by atoms with E-state index in [1.807, 2.05) is 0 Å². The zero-order valence-corrected chi connectivity index (χ0v) is 9.05. The molecule has 2 N–H and O–H groups in total. The first-order valence-electron chi connectivity index (χ1n) is 4.78. The fraction of sp³-hybridized carbons (Fsp3) is 0.500. The third kappa shape index (κ3) is 3.42. The summed E-state index contributed by atoms with van der Waals surface area (Å²) < 4.78 is 5.40. The zero-order valence-electron chi connectivity index (χ0n) is 8.29. The van der Waals surface area contributed by atoms with Crippen LogP contribution >= 0.6 is 11.6 Å². The summed E-state index contributed by atoms with van der Waals surface area (Å²) in [4.78, 5) is 4.00. The summed E-state index contributed by atoms with van der Waals surface area (Å²) in [6, 6.07) is 1.64. The van der Waals surface area contributed by atoms with Gasteiger partial charge in [0.05, 0.1) is 18.5 Å². The van der Waals surface area contributed by atoms with Crippen LogP contribution in [0.25, 0.3) is 0 Å². The van der Waals surface area contributed by atoms with Gasteiger partial charge in [-0.2, -0.15) is 0 Å². The molecule has 1 aromatic heterocycles. The van der Waals surface area contributed by atoms with Crippen molar-refractivity contribution in [1.29, 1.82) is 0 Å². The number of hydrogen-bond acceptors (Lipinski definition) is 3. The quantitative estimate of drug-likeness (QED) is 0.767. The molecule has 0 spiro atoms. The van der Waals surface area contributed by atoms with E-state index in [1.54, 1.807) is 12.3 Å². The molecule has 0 unspecified atom stereocenters. The van der Waals surface area contributed by atoms with Crippen molar-refractivity contribution in [2.75, 3.05) is 12.3 Å². The molecule has 0 amide bonds. The van der Waals surface area contributed by atoms with Crippen LogP contribution in [0, 0.1) is 0 Å². The molecule has 1 aromatic rings. The van der Waals surface area contributed by atoms with Gasteiger partial charge in [-0.25, -0.2) is 4.98 Å². The van der Waals surface area contributed by atoms with Crippen molar-refractivity contribution < 1.29 is 4.74 Å². The van der Waals surface area contributed by atoms with Crippen LogP contribution in [-0.2, 0) is 0 Å². The van der Waals surface area contributed by atoms with Crippen LogP contribution in [-0.4, -0.2) is 11.6 Å². The van der Waals surface area contributed by atoms with E-state index in [9.17, 15) is 0 Å². The Morgan fingerprint density at radius 1 is 1.50 bits per heavy atom. The van der Waals surface area contributed by atoms with Gasteiger partial charge in [0.2, 0.25) is 5.88 Å². The van der Waals surface area contributed by atoms with Crippen LogP contribution in [0.15, 0.2) is 12.3 Å². The summed E-state index contributed by atoms with van der Waals surface area (Å²) in [6.45, 7) is 2.80. The van der Waals surface area contributed by atoms with Crippen LogP contribution in [0.4, 0.5) is 5.69 Å². The molecule has 0 radical (unpaired) electrons. The van der Waals surface area contributed by atoms with Crippen molar-refractivity contribution in [3.8, 4) is 5.88 Å². The lowest BCUT2D eigenvalue weighted by molar-refractivity contribution is 0.295. The summed E-state index contributed by atoms with van der Waals surface area (Å²) in [7, 11) is 0. The number of nitrogens with zero attached hydrogens (tertiary/aromatic N) is 1.